The van der Waals surface area contributed by atoms with Crippen molar-refractivity contribution in [1.82, 2.24) is 20.4 Å². The van der Waals surface area contributed by atoms with Crippen LogP contribution >= 0.6 is 0 Å². The summed E-state index contributed by atoms with van der Waals surface area (Å²) in [6, 6.07) is 5.65. The molecular formula is C17H24N4O2. The van der Waals surface area contributed by atoms with E-state index >= 15 is 0 Å². The number of nitrogens with one attached hydrogen (secondary N) is 2. The molecule has 0 atom stereocenters. The number of piperidine rings is 1. The molecule has 1 aromatic heterocycles. The van der Waals surface area contributed by atoms with E-state index in [1.54, 1.807) is 13.3 Å². The number of ether oxygens (including phenoxy) is 1. The maximum atomic E-state index is 12.4. The first-order valence-electron chi connectivity index (χ1n) is 8.19. The zero-order chi connectivity index (χ0) is 16.1. The molecule has 6 heteroatoms. The highest BCUT2D eigenvalue weighted by Gasteiger charge is 2.20. The molecule has 1 aromatic carbocycles. The van der Waals surface area contributed by atoms with Crippen LogP contribution in [0.1, 0.15) is 23.2 Å². The predicted octanol–water partition coefficient (Wildman–Crippen LogP) is 1.65. The second-order valence-corrected chi connectivity index (χ2v) is 6.12. The number of fused-ring (bicyclic) bond motifs is 1. The van der Waals surface area contributed by atoms with E-state index in [0.29, 0.717) is 11.5 Å². The van der Waals surface area contributed by atoms with Crippen LogP contribution in [0.25, 0.3) is 10.9 Å². The van der Waals surface area contributed by atoms with E-state index in [1.807, 2.05) is 18.2 Å². The highest BCUT2D eigenvalue weighted by atomic mass is 16.5. The zero-order valence-electron chi connectivity index (χ0n) is 13.5. The van der Waals surface area contributed by atoms with Gasteiger partial charge in [0.15, 0.2) is 0 Å². The number of nitrogens with zero attached hydrogens (tertiary/aromatic N) is 2. The number of amides is 1. The van der Waals surface area contributed by atoms with Crippen LogP contribution in [0.2, 0.25) is 0 Å². The van der Waals surface area contributed by atoms with E-state index in [9.17, 15) is 4.79 Å². The Kier molecular flexibility index (Phi) is 5.25. The third kappa shape index (κ3) is 3.89. The van der Waals surface area contributed by atoms with Gasteiger partial charge >= 0.3 is 0 Å². The van der Waals surface area contributed by atoms with Gasteiger partial charge in [-0.2, -0.15) is 5.10 Å². The van der Waals surface area contributed by atoms with Gasteiger partial charge in [-0.05, 0) is 44.0 Å². The number of likely N-dealkylation sites (tertiary alicyclic amines) is 1. The van der Waals surface area contributed by atoms with E-state index in [4.69, 9.17) is 4.74 Å². The predicted molar refractivity (Wildman–Crippen MR) is 89.5 cm³/mol. The summed E-state index contributed by atoms with van der Waals surface area (Å²) in [4.78, 5) is 14.8. The molecule has 3 rings (SSSR count). The molecule has 1 fully saturated rings. The number of H-pyrrole nitrogens is 1. The Balaban J connectivity index is 1.49. The molecule has 2 aromatic rings. The van der Waals surface area contributed by atoms with Crippen LogP contribution in [0, 0.1) is 5.92 Å². The van der Waals surface area contributed by atoms with E-state index in [2.05, 4.69) is 20.4 Å². The zero-order valence-corrected chi connectivity index (χ0v) is 13.5. The molecular weight excluding hydrogens is 292 g/mol. The molecule has 2 N–H and O–H groups in total. The lowest BCUT2D eigenvalue weighted by Crippen LogP contribution is -2.39. The van der Waals surface area contributed by atoms with Crippen molar-refractivity contribution in [2.45, 2.75) is 12.8 Å². The van der Waals surface area contributed by atoms with Gasteiger partial charge in [-0.3, -0.25) is 9.89 Å². The van der Waals surface area contributed by atoms with Crippen LogP contribution in [-0.4, -0.2) is 60.9 Å². The molecule has 0 unspecified atom stereocenters. The van der Waals surface area contributed by atoms with Gasteiger partial charge in [0, 0.05) is 25.6 Å². The molecule has 1 aliphatic heterocycles. The van der Waals surface area contributed by atoms with Crippen LogP contribution in [0.15, 0.2) is 24.4 Å². The van der Waals surface area contributed by atoms with E-state index in [1.165, 1.54) is 0 Å². The van der Waals surface area contributed by atoms with E-state index in [0.717, 1.165) is 56.5 Å². The minimum Gasteiger partial charge on any atom is -0.383 e. The molecule has 2 heterocycles. The number of hydrogen-bond acceptors (Lipinski definition) is 4. The van der Waals surface area contributed by atoms with Gasteiger partial charge in [0.25, 0.3) is 5.91 Å². The number of hydrogen-bond donors (Lipinski definition) is 2. The fourth-order valence-corrected chi connectivity index (χ4v) is 3.13. The van der Waals surface area contributed by atoms with Crippen LogP contribution in [0.4, 0.5) is 0 Å². The normalized spacial score (nSPS) is 16.7. The standard InChI is InChI=1S/C17H24N4O2/c1-23-10-9-21-7-5-13(6-8-21)11-18-17(22)14-3-2-4-16-15(14)12-19-20-16/h2-4,12-13H,5-11H2,1H3,(H,18,22)(H,19,20). The summed E-state index contributed by atoms with van der Waals surface area (Å²) in [6.45, 7) is 4.70. The lowest BCUT2D eigenvalue weighted by Gasteiger charge is -2.31. The highest BCUT2D eigenvalue weighted by Crippen LogP contribution is 2.18. The fraction of sp³-hybridized carbons (Fsp3) is 0.529. The number of methoxy groups -OCH3 is 1. The maximum absolute atomic E-state index is 12.4. The quantitative estimate of drug-likeness (QED) is 0.850. The summed E-state index contributed by atoms with van der Waals surface area (Å²) in [6.07, 6.45) is 3.96. The summed E-state index contributed by atoms with van der Waals surface area (Å²) < 4.78 is 5.12. The lowest BCUT2D eigenvalue weighted by atomic mass is 9.96. The summed E-state index contributed by atoms with van der Waals surface area (Å²) in [5.74, 6) is 0.542. The molecule has 1 amide bonds. The molecule has 124 valence electrons. The smallest absolute Gasteiger partial charge is 0.252 e. The lowest BCUT2D eigenvalue weighted by molar-refractivity contribution is 0.0927. The van der Waals surface area contributed by atoms with Crippen LogP contribution in [0.3, 0.4) is 0 Å². The maximum Gasteiger partial charge on any atom is 0.252 e. The Morgan fingerprint density at radius 2 is 2.26 bits per heavy atom. The number of rotatable bonds is 6. The monoisotopic (exact) mass is 316 g/mol. The summed E-state index contributed by atoms with van der Waals surface area (Å²) >= 11 is 0. The highest BCUT2D eigenvalue weighted by molar-refractivity contribution is 6.05. The SMILES string of the molecule is COCCN1CCC(CNC(=O)c2cccc3[nH]ncc23)CC1. The van der Waals surface area contributed by atoms with Crippen molar-refractivity contribution in [1.29, 1.82) is 0 Å². The minimum atomic E-state index is -0.0150. The van der Waals surface area contributed by atoms with Crippen LogP contribution in [-0.2, 0) is 4.74 Å². The second-order valence-electron chi connectivity index (χ2n) is 6.12. The van der Waals surface area contributed by atoms with Crippen molar-refractivity contribution in [3.05, 3.63) is 30.0 Å². The Hall–Kier alpha value is -1.92. The first kappa shape index (κ1) is 16.0. The Morgan fingerprint density at radius 1 is 1.43 bits per heavy atom. The number of aromatic amines is 1. The van der Waals surface area contributed by atoms with Crippen molar-refractivity contribution in [2.24, 2.45) is 5.92 Å². The summed E-state index contributed by atoms with van der Waals surface area (Å²) in [5, 5.41) is 10.9. The van der Waals surface area contributed by atoms with Crippen LogP contribution < -0.4 is 5.32 Å². The fourth-order valence-electron chi connectivity index (χ4n) is 3.13. The minimum absolute atomic E-state index is 0.0150. The molecule has 0 bridgehead atoms. The van der Waals surface area contributed by atoms with E-state index in [-0.39, 0.29) is 5.91 Å². The molecule has 0 spiro atoms. The molecule has 1 aliphatic rings. The Labute approximate surface area is 136 Å². The van der Waals surface area contributed by atoms with E-state index < -0.39 is 0 Å². The molecule has 1 saturated heterocycles. The van der Waals surface area contributed by atoms with Crippen molar-refractivity contribution in [2.75, 3.05) is 39.9 Å². The van der Waals surface area contributed by atoms with Crippen molar-refractivity contribution in [3.63, 3.8) is 0 Å². The molecule has 0 radical (unpaired) electrons. The molecule has 23 heavy (non-hydrogen) atoms. The van der Waals surface area contributed by atoms with Gasteiger partial charge in [-0.15, -0.1) is 0 Å². The van der Waals surface area contributed by atoms with Gasteiger partial charge in [0.2, 0.25) is 0 Å². The molecule has 6 nitrogen and oxygen atoms in total. The van der Waals surface area contributed by atoms with Crippen molar-refractivity contribution < 1.29 is 9.53 Å². The van der Waals surface area contributed by atoms with Gasteiger partial charge in [0.1, 0.15) is 0 Å². The average molecular weight is 316 g/mol. The third-order valence-corrected chi connectivity index (χ3v) is 4.60. The van der Waals surface area contributed by atoms with Gasteiger partial charge in [-0.25, -0.2) is 0 Å². The molecule has 0 saturated carbocycles. The summed E-state index contributed by atoms with van der Waals surface area (Å²) in [5.41, 5.74) is 1.58. The number of carbonyl (C=O) groups is 1. The number of benzene rings is 1. The number of carbonyl (C=O) groups excluding carboxylic acids is 1. The Bertz CT molecular complexity index is 647. The topological polar surface area (TPSA) is 70.2 Å². The third-order valence-electron chi connectivity index (χ3n) is 4.60. The van der Waals surface area contributed by atoms with Gasteiger partial charge in [-0.1, -0.05) is 6.07 Å². The van der Waals surface area contributed by atoms with Gasteiger partial charge < -0.3 is 15.0 Å². The largest absolute Gasteiger partial charge is 0.383 e. The van der Waals surface area contributed by atoms with Gasteiger partial charge in [0.05, 0.1) is 23.9 Å². The Morgan fingerprint density at radius 3 is 3.04 bits per heavy atom. The second kappa shape index (κ2) is 7.57. The summed E-state index contributed by atoms with van der Waals surface area (Å²) in [7, 11) is 1.74. The number of aromatic nitrogens is 2. The first-order chi connectivity index (χ1) is 11.3. The van der Waals surface area contributed by atoms with Crippen molar-refractivity contribution in [3.8, 4) is 0 Å². The molecule has 0 aliphatic carbocycles. The van der Waals surface area contributed by atoms with Crippen molar-refractivity contribution >= 4 is 16.8 Å². The van der Waals surface area contributed by atoms with Crippen LogP contribution in [0.5, 0.6) is 0 Å². The average Bonchev–Trinajstić information content (AvgIpc) is 3.07. The first-order valence-corrected chi connectivity index (χ1v) is 8.19.